The van der Waals surface area contributed by atoms with Gasteiger partial charge in [-0.3, -0.25) is 4.99 Å². The minimum absolute atomic E-state index is 0.0671. The first-order valence-corrected chi connectivity index (χ1v) is 8.41. The third-order valence-corrected chi connectivity index (χ3v) is 5.95. The van der Waals surface area contributed by atoms with Gasteiger partial charge in [0.1, 0.15) is 5.25 Å². The Morgan fingerprint density at radius 1 is 1.18 bits per heavy atom. The average Bonchev–Trinajstić information content (AvgIpc) is 2.91. The summed E-state index contributed by atoms with van der Waals surface area (Å²) >= 11 is 6.05. The summed E-state index contributed by atoms with van der Waals surface area (Å²) in [5.74, 6) is 0. The first-order valence-electron chi connectivity index (χ1n) is 6.48. The second kappa shape index (κ2) is 5.30. The third-order valence-electron chi connectivity index (χ3n) is 3.51. The van der Waals surface area contributed by atoms with Gasteiger partial charge in [0.25, 0.3) is 5.69 Å². The number of hydrogen-bond acceptors (Lipinski definition) is 4. The second-order valence-corrected chi connectivity index (χ2v) is 7.36. The van der Waals surface area contributed by atoms with E-state index in [9.17, 15) is 13.3 Å². The van der Waals surface area contributed by atoms with Crippen LogP contribution in [0.5, 0.6) is 0 Å². The Hall–Kier alpha value is -2.05. The Kier molecular flexibility index (Phi) is 3.58. The Balaban J connectivity index is 2.15. The topological polar surface area (TPSA) is 66.6 Å². The van der Waals surface area contributed by atoms with Crippen molar-refractivity contribution in [1.82, 2.24) is 0 Å². The molecule has 1 unspecified atom stereocenters. The fraction of sp³-hybridized carbons (Fsp3) is 0.133. The summed E-state index contributed by atoms with van der Waals surface area (Å²) in [7, 11) is -2.49. The molecule has 2 aromatic carbocycles. The van der Waals surface area contributed by atoms with E-state index >= 15 is 0 Å². The predicted molar refractivity (Wildman–Crippen MR) is 85.2 cm³/mol. The largest absolute Gasteiger partial charge is 0.259 e. The predicted octanol–water partition coefficient (Wildman–Crippen LogP) is 3.61. The number of rotatable bonds is 3. The first kappa shape index (κ1) is 14.9. The summed E-state index contributed by atoms with van der Waals surface area (Å²) in [4.78, 5) is 15.5. The summed E-state index contributed by atoms with van der Waals surface area (Å²) in [6.45, 7) is 0. The lowest BCUT2D eigenvalue weighted by Crippen LogP contribution is -2.13. The molecule has 0 saturated carbocycles. The standard InChI is InChI=1S/C15H12ClN2O3S/c1-18(19)10-6-7-12(16)14(8-10)22(20,21)15-9-17-13-5-3-2-4-11(13)15/h2-9,15H,1H3/q+1. The number of hydrogen-bond donors (Lipinski definition) is 0. The van der Waals surface area contributed by atoms with E-state index in [1.807, 2.05) is 0 Å². The normalized spacial score (nSPS) is 16.5. The van der Waals surface area contributed by atoms with E-state index in [0.717, 1.165) is 0 Å². The van der Waals surface area contributed by atoms with E-state index in [1.165, 1.54) is 31.5 Å². The third kappa shape index (κ3) is 2.34. The Morgan fingerprint density at radius 3 is 2.64 bits per heavy atom. The van der Waals surface area contributed by atoms with E-state index in [2.05, 4.69) is 4.99 Å². The SMILES string of the molecule is C[N+](=O)c1ccc(Cl)c(S(=O)(=O)C2C=Nc3ccccc32)c1. The van der Waals surface area contributed by atoms with E-state index in [-0.39, 0.29) is 15.6 Å². The molecular weight excluding hydrogens is 324 g/mol. The van der Waals surface area contributed by atoms with E-state index in [1.54, 1.807) is 24.3 Å². The van der Waals surface area contributed by atoms with Crippen molar-refractivity contribution < 1.29 is 13.2 Å². The summed E-state index contributed by atoms with van der Waals surface area (Å²) in [6, 6.07) is 11.2. The van der Waals surface area contributed by atoms with Crippen molar-refractivity contribution in [2.45, 2.75) is 10.1 Å². The zero-order valence-corrected chi connectivity index (χ0v) is 13.2. The molecule has 0 aliphatic carbocycles. The zero-order valence-electron chi connectivity index (χ0n) is 11.6. The van der Waals surface area contributed by atoms with Crippen molar-refractivity contribution in [3.8, 4) is 0 Å². The molecule has 3 rings (SSSR count). The highest BCUT2D eigenvalue weighted by Crippen LogP contribution is 2.40. The number of halogens is 1. The molecule has 22 heavy (non-hydrogen) atoms. The molecule has 0 amide bonds. The van der Waals surface area contributed by atoms with Crippen molar-refractivity contribution >= 4 is 39.0 Å². The van der Waals surface area contributed by atoms with E-state index < -0.39 is 15.1 Å². The van der Waals surface area contributed by atoms with Crippen molar-refractivity contribution in [1.29, 1.82) is 0 Å². The van der Waals surface area contributed by atoms with Gasteiger partial charge in [-0.2, -0.15) is 0 Å². The number of sulfone groups is 1. The number of nitrogens with zero attached hydrogens (tertiary/aromatic N) is 2. The lowest BCUT2D eigenvalue weighted by atomic mass is 10.1. The summed E-state index contributed by atoms with van der Waals surface area (Å²) < 4.78 is 26.4. The van der Waals surface area contributed by atoms with Gasteiger partial charge in [-0.15, -0.1) is 0 Å². The Morgan fingerprint density at radius 2 is 1.91 bits per heavy atom. The molecule has 7 heteroatoms. The second-order valence-electron chi connectivity index (χ2n) is 4.91. The van der Waals surface area contributed by atoms with Crippen molar-refractivity contribution in [2.24, 2.45) is 4.99 Å². The number of nitroso groups, excluding NO2 is 1. The molecular formula is C15H12ClN2O3S+. The van der Waals surface area contributed by atoms with Gasteiger partial charge >= 0.3 is 0 Å². The molecule has 0 N–H and O–H groups in total. The van der Waals surface area contributed by atoms with Gasteiger partial charge in [-0.05, 0) is 12.1 Å². The quantitative estimate of drug-likeness (QED) is 0.805. The van der Waals surface area contributed by atoms with Gasteiger partial charge in [0.05, 0.1) is 15.6 Å². The molecule has 0 aromatic heterocycles. The van der Waals surface area contributed by atoms with Gasteiger partial charge in [0, 0.05) is 33.6 Å². The maximum atomic E-state index is 12.9. The highest BCUT2D eigenvalue weighted by atomic mass is 35.5. The molecule has 0 bridgehead atoms. The maximum Gasteiger partial charge on any atom is 0.257 e. The van der Waals surface area contributed by atoms with Crippen molar-refractivity contribution in [3.63, 3.8) is 0 Å². The van der Waals surface area contributed by atoms with Crippen LogP contribution in [0.3, 0.4) is 0 Å². The number of para-hydroxylation sites is 1. The number of aliphatic imine (C=N–C) groups is 1. The van der Waals surface area contributed by atoms with Crippen LogP contribution >= 0.6 is 11.6 Å². The lowest BCUT2D eigenvalue weighted by molar-refractivity contribution is -0.428. The molecule has 0 fully saturated rings. The molecule has 1 aliphatic heterocycles. The molecule has 2 aromatic rings. The summed E-state index contributed by atoms with van der Waals surface area (Å²) in [5, 5.41) is -0.809. The molecule has 0 spiro atoms. The van der Waals surface area contributed by atoms with Gasteiger partial charge in [-0.1, -0.05) is 29.8 Å². The molecule has 5 nitrogen and oxygen atoms in total. The summed E-state index contributed by atoms with van der Waals surface area (Å²) in [5.41, 5.74) is 1.47. The van der Waals surface area contributed by atoms with Crippen LogP contribution < -0.4 is 0 Å². The van der Waals surface area contributed by atoms with E-state index in [4.69, 9.17) is 11.6 Å². The van der Waals surface area contributed by atoms with Gasteiger partial charge in [0.2, 0.25) is 0 Å². The maximum absolute atomic E-state index is 12.9. The minimum atomic E-state index is -3.79. The fourth-order valence-electron chi connectivity index (χ4n) is 2.36. The summed E-state index contributed by atoms with van der Waals surface area (Å²) in [6.07, 6.45) is 1.39. The Bertz CT molecular complexity index is 907. The van der Waals surface area contributed by atoms with Crippen molar-refractivity contribution in [2.75, 3.05) is 7.05 Å². The van der Waals surface area contributed by atoms with Crippen LogP contribution in [0.1, 0.15) is 10.8 Å². The monoisotopic (exact) mass is 335 g/mol. The Labute approximate surface area is 132 Å². The highest BCUT2D eigenvalue weighted by molar-refractivity contribution is 7.92. The molecule has 112 valence electrons. The van der Waals surface area contributed by atoms with Crippen LogP contribution in [0.15, 0.2) is 52.4 Å². The molecule has 1 atom stereocenters. The lowest BCUT2D eigenvalue weighted by Gasteiger charge is -2.12. The molecule has 0 radical (unpaired) electrons. The van der Waals surface area contributed by atoms with Gasteiger partial charge in [-0.25, -0.2) is 8.42 Å². The highest BCUT2D eigenvalue weighted by Gasteiger charge is 2.34. The van der Waals surface area contributed by atoms with Gasteiger partial charge < -0.3 is 0 Å². The van der Waals surface area contributed by atoms with E-state index in [0.29, 0.717) is 16.0 Å². The van der Waals surface area contributed by atoms with Crippen LogP contribution in [0, 0.1) is 4.91 Å². The minimum Gasteiger partial charge on any atom is -0.259 e. The smallest absolute Gasteiger partial charge is 0.257 e. The van der Waals surface area contributed by atoms with Crippen LogP contribution in [-0.4, -0.2) is 26.4 Å². The fourth-order valence-corrected chi connectivity index (χ4v) is 4.46. The molecule has 0 saturated heterocycles. The van der Waals surface area contributed by atoms with Crippen LogP contribution in [0.4, 0.5) is 11.4 Å². The van der Waals surface area contributed by atoms with Crippen LogP contribution in [0.25, 0.3) is 0 Å². The zero-order chi connectivity index (χ0) is 15.9. The molecule has 1 heterocycles. The van der Waals surface area contributed by atoms with Gasteiger partial charge in [0.15, 0.2) is 16.9 Å². The van der Waals surface area contributed by atoms with Crippen molar-refractivity contribution in [3.05, 3.63) is 58.0 Å². The average molecular weight is 336 g/mol. The molecule has 1 aliphatic rings. The number of benzene rings is 2. The number of fused-ring (bicyclic) bond motifs is 1. The first-order chi connectivity index (χ1) is 10.4. The van der Waals surface area contributed by atoms with Crippen LogP contribution in [-0.2, 0) is 9.84 Å². The van der Waals surface area contributed by atoms with Crippen LogP contribution in [0.2, 0.25) is 5.02 Å².